The average Bonchev–Trinajstić information content (AvgIpc) is 2.46. The van der Waals surface area contributed by atoms with E-state index in [1.807, 2.05) is 20.8 Å². The number of amides is 3. The molecule has 0 aromatic rings. The number of carbonyl (C=O) groups excluding carboxylic acids is 3. The van der Waals surface area contributed by atoms with Crippen LogP contribution in [-0.2, 0) is 14.4 Å². The van der Waals surface area contributed by atoms with Crippen LogP contribution in [0.2, 0.25) is 0 Å². The highest BCUT2D eigenvalue weighted by Gasteiger charge is 2.28. The summed E-state index contributed by atoms with van der Waals surface area (Å²) >= 11 is 0. The predicted molar refractivity (Wildman–Crippen MR) is 86.6 cm³/mol. The Hall–Kier alpha value is -1.92. The summed E-state index contributed by atoms with van der Waals surface area (Å²) in [6, 6.07) is 0.127. The van der Waals surface area contributed by atoms with Gasteiger partial charge in [-0.25, -0.2) is 5.43 Å². The highest BCUT2D eigenvalue weighted by Crippen LogP contribution is 2.19. The third kappa shape index (κ3) is 5.33. The van der Waals surface area contributed by atoms with Gasteiger partial charge in [-0.05, 0) is 18.3 Å². The summed E-state index contributed by atoms with van der Waals surface area (Å²) in [5.41, 5.74) is 2.75. The second-order valence-electron chi connectivity index (χ2n) is 7.46. The highest BCUT2D eigenvalue weighted by molar-refractivity contribution is 6.39. The van der Waals surface area contributed by atoms with Crippen LogP contribution in [0, 0.1) is 5.41 Å². The SMILES string of the molecule is CC(C)(C)CC(=O)NC1CCN(C(=O)C2=NNC(=O)CC2)CC1. The summed E-state index contributed by atoms with van der Waals surface area (Å²) in [6.07, 6.45) is 2.71. The largest absolute Gasteiger partial charge is 0.353 e. The minimum absolute atomic E-state index is 0.0235. The first-order valence-corrected chi connectivity index (χ1v) is 8.19. The van der Waals surface area contributed by atoms with Crippen molar-refractivity contribution in [2.45, 2.75) is 58.9 Å². The van der Waals surface area contributed by atoms with Crippen LogP contribution in [0.1, 0.15) is 52.9 Å². The minimum atomic E-state index is -0.151. The van der Waals surface area contributed by atoms with Gasteiger partial charge in [0.15, 0.2) is 0 Å². The van der Waals surface area contributed by atoms with Crippen LogP contribution in [0.5, 0.6) is 0 Å². The minimum Gasteiger partial charge on any atom is -0.353 e. The number of hydrazone groups is 1. The van der Waals surface area contributed by atoms with E-state index < -0.39 is 0 Å². The van der Waals surface area contributed by atoms with Gasteiger partial charge in [-0.2, -0.15) is 5.10 Å². The molecule has 1 fully saturated rings. The van der Waals surface area contributed by atoms with Crippen molar-refractivity contribution in [1.82, 2.24) is 15.6 Å². The van der Waals surface area contributed by atoms with Crippen LogP contribution >= 0.6 is 0 Å². The number of hydrogen-bond donors (Lipinski definition) is 2. The van der Waals surface area contributed by atoms with Crippen molar-refractivity contribution in [2.75, 3.05) is 13.1 Å². The first-order chi connectivity index (χ1) is 10.7. The molecule has 2 rings (SSSR count). The van der Waals surface area contributed by atoms with Gasteiger partial charge in [0.2, 0.25) is 11.8 Å². The summed E-state index contributed by atoms with van der Waals surface area (Å²) in [6.45, 7) is 7.32. The Labute approximate surface area is 136 Å². The zero-order valence-corrected chi connectivity index (χ0v) is 14.1. The molecule has 2 N–H and O–H groups in total. The van der Waals surface area contributed by atoms with Crippen molar-refractivity contribution < 1.29 is 14.4 Å². The Bertz CT molecular complexity index is 514. The Morgan fingerprint density at radius 1 is 1.26 bits per heavy atom. The van der Waals surface area contributed by atoms with Crippen LogP contribution in [0.25, 0.3) is 0 Å². The van der Waals surface area contributed by atoms with E-state index in [0.29, 0.717) is 38.1 Å². The molecule has 2 aliphatic rings. The van der Waals surface area contributed by atoms with Crippen molar-refractivity contribution in [3.8, 4) is 0 Å². The van der Waals surface area contributed by atoms with E-state index in [-0.39, 0.29) is 29.2 Å². The molecule has 2 aliphatic heterocycles. The van der Waals surface area contributed by atoms with Crippen LogP contribution in [-0.4, -0.2) is 47.5 Å². The first kappa shape index (κ1) is 17.4. The molecule has 23 heavy (non-hydrogen) atoms. The normalized spacial score (nSPS) is 19.9. The molecule has 3 amide bonds. The van der Waals surface area contributed by atoms with Crippen LogP contribution in [0.15, 0.2) is 5.10 Å². The van der Waals surface area contributed by atoms with Gasteiger partial charge in [0.1, 0.15) is 5.71 Å². The standard InChI is InChI=1S/C16H26N4O3/c1-16(2,3)10-14(22)17-11-6-8-20(9-7-11)15(23)12-4-5-13(21)19-18-12/h11H,4-10H2,1-3H3,(H,17,22)(H,19,21). The smallest absolute Gasteiger partial charge is 0.270 e. The van der Waals surface area contributed by atoms with Gasteiger partial charge < -0.3 is 10.2 Å². The number of likely N-dealkylation sites (tertiary alicyclic amines) is 1. The van der Waals surface area contributed by atoms with Crippen molar-refractivity contribution in [2.24, 2.45) is 10.5 Å². The maximum Gasteiger partial charge on any atom is 0.270 e. The molecule has 0 aliphatic carbocycles. The van der Waals surface area contributed by atoms with Crippen molar-refractivity contribution in [3.63, 3.8) is 0 Å². The van der Waals surface area contributed by atoms with Crippen molar-refractivity contribution >= 4 is 23.4 Å². The van der Waals surface area contributed by atoms with E-state index in [1.54, 1.807) is 4.90 Å². The molecule has 0 bridgehead atoms. The van der Waals surface area contributed by atoms with E-state index in [2.05, 4.69) is 15.8 Å². The monoisotopic (exact) mass is 322 g/mol. The fourth-order valence-electron chi connectivity index (χ4n) is 2.80. The molecule has 1 saturated heterocycles. The number of hydrogen-bond acceptors (Lipinski definition) is 4. The van der Waals surface area contributed by atoms with Crippen LogP contribution in [0.3, 0.4) is 0 Å². The zero-order chi connectivity index (χ0) is 17.0. The Kier molecular flexibility index (Phi) is 5.38. The molecule has 128 valence electrons. The molecule has 7 nitrogen and oxygen atoms in total. The third-order valence-corrected chi connectivity index (χ3v) is 3.99. The molecule has 0 atom stereocenters. The summed E-state index contributed by atoms with van der Waals surface area (Å²) in [7, 11) is 0. The Balaban J connectivity index is 1.78. The maximum atomic E-state index is 12.3. The average molecular weight is 322 g/mol. The van der Waals surface area contributed by atoms with Crippen molar-refractivity contribution in [3.05, 3.63) is 0 Å². The van der Waals surface area contributed by atoms with Gasteiger partial charge in [-0.1, -0.05) is 20.8 Å². The Morgan fingerprint density at radius 3 is 2.43 bits per heavy atom. The van der Waals surface area contributed by atoms with E-state index in [1.165, 1.54) is 0 Å². The lowest BCUT2D eigenvalue weighted by Crippen LogP contribution is -2.49. The Morgan fingerprint density at radius 2 is 1.91 bits per heavy atom. The molecule has 0 radical (unpaired) electrons. The molecular weight excluding hydrogens is 296 g/mol. The van der Waals surface area contributed by atoms with E-state index in [0.717, 1.165) is 12.8 Å². The number of rotatable bonds is 3. The molecule has 2 heterocycles. The van der Waals surface area contributed by atoms with Crippen molar-refractivity contribution in [1.29, 1.82) is 0 Å². The third-order valence-electron chi connectivity index (χ3n) is 3.99. The molecule has 0 unspecified atom stereocenters. The molecule has 0 spiro atoms. The molecular formula is C16H26N4O3. The molecule has 0 aromatic heterocycles. The van der Waals surface area contributed by atoms with Gasteiger partial charge in [-0.3, -0.25) is 14.4 Å². The summed E-state index contributed by atoms with van der Waals surface area (Å²) in [5.74, 6) is -0.187. The van der Waals surface area contributed by atoms with Gasteiger partial charge in [0.25, 0.3) is 5.91 Å². The van der Waals surface area contributed by atoms with Crippen LogP contribution in [0.4, 0.5) is 0 Å². The van der Waals surface area contributed by atoms with Gasteiger partial charge >= 0.3 is 0 Å². The topological polar surface area (TPSA) is 90.9 Å². The number of piperidine rings is 1. The lowest BCUT2D eigenvalue weighted by Gasteiger charge is -2.33. The molecule has 7 heteroatoms. The van der Waals surface area contributed by atoms with Crippen LogP contribution < -0.4 is 10.7 Å². The lowest BCUT2D eigenvalue weighted by molar-refractivity contribution is -0.126. The fourth-order valence-corrected chi connectivity index (χ4v) is 2.80. The second-order valence-corrected chi connectivity index (χ2v) is 7.46. The maximum absolute atomic E-state index is 12.3. The lowest BCUT2D eigenvalue weighted by atomic mass is 9.91. The number of nitrogens with one attached hydrogen (secondary N) is 2. The van der Waals surface area contributed by atoms with Gasteiger partial charge in [0, 0.05) is 38.4 Å². The van der Waals surface area contributed by atoms with E-state index in [4.69, 9.17) is 0 Å². The summed E-state index contributed by atoms with van der Waals surface area (Å²) in [5, 5.41) is 6.91. The summed E-state index contributed by atoms with van der Waals surface area (Å²) < 4.78 is 0. The number of carbonyl (C=O) groups is 3. The van der Waals surface area contributed by atoms with Gasteiger partial charge in [0.05, 0.1) is 0 Å². The fraction of sp³-hybridized carbons (Fsp3) is 0.750. The van der Waals surface area contributed by atoms with Gasteiger partial charge in [-0.15, -0.1) is 0 Å². The summed E-state index contributed by atoms with van der Waals surface area (Å²) in [4.78, 5) is 37.1. The quantitative estimate of drug-likeness (QED) is 0.805. The molecule has 0 saturated carbocycles. The van der Waals surface area contributed by atoms with E-state index >= 15 is 0 Å². The predicted octanol–water partition coefficient (Wildman–Crippen LogP) is 0.796. The first-order valence-electron chi connectivity index (χ1n) is 8.19. The second kappa shape index (κ2) is 7.10. The zero-order valence-electron chi connectivity index (χ0n) is 14.1. The number of nitrogens with zero attached hydrogens (tertiary/aromatic N) is 2. The molecule has 0 aromatic carbocycles. The highest BCUT2D eigenvalue weighted by atomic mass is 16.2. The van der Waals surface area contributed by atoms with E-state index in [9.17, 15) is 14.4 Å².